The second-order valence-corrected chi connectivity index (χ2v) is 5.48. The van der Waals surface area contributed by atoms with Crippen LogP contribution in [-0.4, -0.2) is 31.2 Å². The van der Waals surface area contributed by atoms with Crippen LogP contribution in [0.5, 0.6) is 0 Å². The van der Waals surface area contributed by atoms with E-state index in [1.165, 1.54) is 16.0 Å². The first-order chi connectivity index (χ1) is 9.10. The van der Waals surface area contributed by atoms with Crippen LogP contribution in [0, 0.1) is 10.1 Å². The monoisotopic (exact) mass is 346 g/mol. The van der Waals surface area contributed by atoms with Crippen LogP contribution in [0.4, 0.5) is 11.1 Å². The number of anilines is 1. The summed E-state index contributed by atoms with van der Waals surface area (Å²) < 4.78 is 1.76. The normalized spacial score (nSPS) is 10.6. The van der Waals surface area contributed by atoms with Gasteiger partial charge in [-0.15, -0.1) is 11.3 Å². The summed E-state index contributed by atoms with van der Waals surface area (Å²) >= 11 is 4.64. The molecule has 0 aromatic carbocycles. The first-order valence-corrected chi connectivity index (χ1v) is 7.14. The van der Waals surface area contributed by atoms with Gasteiger partial charge in [-0.05, 0) is 16.3 Å². The largest absolute Gasteiger partial charge is 0.492 e. The van der Waals surface area contributed by atoms with Crippen molar-refractivity contribution in [2.24, 2.45) is 0 Å². The first-order valence-electron chi connectivity index (χ1n) is 5.53. The van der Waals surface area contributed by atoms with E-state index in [0.717, 1.165) is 23.0 Å². The molecule has 0 saturated carbocycles. The third-order valence-corrected chi connectivity index (χ3v) is 3.69. The maximum atomic E-state index is 10.6. The van der Waals surface area contributed by atoms with Crippen molar-refractivity contribution in [3.8, 4) is 0 Å². The average Bonchev–Trinajstić information content (AvgIpc) is 2.95. The van der Waals surface area contributed by atoms with Gasteiger partial charge in [-0.2, -0.15) is 4.68 Å². The molecule has 0 saturated heterocycles. The fourth-order valence-corrected chi connectivity index (χ4v) is 2.52. The number of hydrogen-bond acceptors (Lipinski definition) is 7. The zero-order valence-corrected chi connectivity index (χ0v) is 12.4. The minimum Gasteiger partial charge on any atom is -0.390 e. The van der Waals surface area contributed by atoms with E-state index in [4.69, 9.17) is 0 Å². The Balaban J connectivity index is 2.08. The quantitative estimate of drug-likeness (QED) is 0.636. The van der Waals surface area contributed by atoms with Gasteiger partial charge in [-0.1, -0.05) is 6.92 Å². The molecule has 0 atom stereocenters. The van der Waals surface area contributed by atoms with E-state index >= 15 is 0 Å². The summed E-state index contributed by atoms with van der Waals surface area (Å²) in [6.07, 6.45) is 2.75. The van der Waals surface area contributed by atoms with E-state index in [1.54, 1.807) is 6.20 Å². The number of thiazole rings is 1. The predicted molar refractivity (Wildman–Crippen MR) is 74.4 cm³/mol. The summed E-state index contributed by atoms with van der Waals surface area (Å²) in [6, 6.07) is 0. The van der Waals surface area contributed by atoms with Crippen LogP contribution < -0.4 is 5.32 Å². The lowest BCUT2D eigenvalue weighted by Crippen LogP contribution is -2.01. The lowest BCUT2D eigenvalue weighted by Gasteiger charge is -1.97. The summed E-state index contributed by atoms with van der Waals surface area (Å²) in [7, 11) is 0. The maximum absolute atomic E-state index is 10.6. The number of aromatic nitrogens is 4. The molecule has 2 rings (SSSR count). The summed E-state index contributed by atoms with van der Waals surface area (Å²) in [6.45, 7) is 3.34. The highest BCUT2D eigenvalue weighted by molar-refractivity contribution is 9.10. The molecule has 10 heteroatoms. The average molecular weight is 347 g/mol. The molecule has 0 aliphatic heterocycles. The molecular weight excluding hydrogens is 336 g/mol. The van der Waals surface area contributed by atoms with Crippen molar-refractivity contribution in [3.63, 3.8) is 0 Å². The van der Waals surface area contributed by atoms with Gasteiger partial charge in [0.2, 0.25) is 0 Å². The number of nitrogens with one attached hydrogen (secondary N) is 1. The zero-order chi connectivity index (χ0) is 13.8. The molecule has 0 unspecified atom stereocenters. The Morgan fingerprint density at radius 3 is 3.05 bits per heavy atom. The topological polar surface area (TPSA) is 98.8 Å². The van der Waals surface area contributed by atoms with Gasteiger partial charge in [-0.25, -0.2) is 4.98 Å². The summed E-state index contributed by atoms with van der Waals surface area (Å²) in [5.74, 6) is -0.416. The minimum absolute atomic E-state index is 0.329. The van der Waals surface area contributed by atoms with Crippen molar-refractivity contribution < 1.29 is 4.92 Å². The minimum atomic E-state index is -0.623. The molecule has 19 heavy (non-hydrogen) atoms. The Labute approximate surface area is 121 Å². The van der Waals surface area contributed by atoms with Crippen LogP contribution in [0.1, 0.15) is 18.2 Å². The van der Waals surface area contributed by atoms with Gasteiger partial charge in [0, 0.05) is 38.6 Å². The van der Waals surface area contributed by atoms with Gasteiger partial charge >= 0.3 is 5.95 Å². The number of rotatable bonds is 6. The molecule has 0 aliphatic carbocycles. The van der Waals surface area contributed by atoms with Crippen LogP contribution in [-0.2, 0) is 6.54 Å². The van der Waals surface area contributed by atoms with Crippen molar-refractivity contribution in [2.75, 3.05) is 11.9 Å². The van der Waals surface area contributed by atoms with Crippen LogP contribution in [0.15, 0.2) is 10.9 Å². The Morgan fingerprint density at radius 1 is 1.63 bits per heavy atom. The molecule has 0 fully saturated rings. The zero-order valence-electron chi connectivity index (χ0n) is 10.0. The summed E-state index contributed by atoms with van der Waals surface area (Å²) in [4.78, 5) is 18.8. The van der Waals surface area contributed by atoms with Crippen molar-refractivity contribution in [2.45, 2.75) is 19.9 Å². The van der Waals surface area contributed by atoms with E-state index in [0.29, 0.717) is 11.3 Å². The summed E-state index contributed by atoms with van der Waals surface area (Å²) in [5.41, 5.74) is 0. The number of hydrogen-bond donors (Lipinski definition) is 1. The summed E-state index contributed by atoms with van der Waals surface area (Å²) in [5, 5.41) is 18.4. The van der Waals surface area contributed by atoms with Gasteiger partial charge in [0.25, 0.3) is 4.73 Å². The van der Waals surface area contributed by atoms with E-state index < -0.39 is 10.9 Å². The van der Waals surface area contributed by atoms with Crippen LogP contribution in [0.2, 0.25) is 0 Å². The van der Waals surface area contributed by atoms with Crippen molar-refractivity contribution in [3.05, 3.63) is 25.9 Å². The lowest BCUT2D eigenvalue weighted by atomic mass is 10.5. The van der Waals surface area contributed by atoms with E-state index in [2.05, 4.69) is 43.2 Å². The fraction of sp³-hybridized carbons (Fsp3) is 0.444. The molecule has 0 radical (unpaired) electrons. The smallest absolute Gasteiger partial charge is 0.390 e. The molecule has 0 spiro atoms. The third kappa shape index (κ3) is 3.47. The molecular formula is C9H11BrN6O2S. The molecule has 8 nitrogen and oxygen atoms in total. The molecule has 102 valence electrons. The van der Waals surface area contributed by atoms with E-state index in [-0.39, 0.29) is 0 Å². The van der Waals surface area contributed by atoms with Crippen molar-refractivity contribution in [1.82, 2.24) is 19.7 Å². The Morgan fingerprint density at radius 2 is 2.42 bits per heavy atom. The second-order valence-electron chi connectivity index (χ2n) is 3.65. The fourth-order valence-electron chi connectivity index (χ4n) is 1.33. The second kappa shape index (κ2) is 6.06. The SMILES string of the molecule is CCCNc1ncc(Cn2nc([N+](=O)[O-])nc2Br)s1. The van der Waals surface area contributed by atoms with Gasteiger partial charge in [-0.3, -0.25) is 0 Å². The van der Waals surface area contributed by atoms with Crippen molar-refractivity contribution >= 4 is 38.3 Å². The lowest BCUT2D eigenvalue weighted by molar-refractivity contribution is -0.394. The standard InChI is InChI=1S/C9H11BrN6O2S/c1-2-3-11-9-12-4-6(19-9)5-15-7(10)13-8(14-15)16(17)18/h4H,2-3,5H2,1H3,(H,11,12). The molecule has 0 bridgehead atoms. The Bertz CT molecular complexity index is 583. The number of nitro groups is 1. The third-order valence-electron chi connectivity index (χ3n) is 2.16. The van der Waals surface area contributed by atoms with Crippen molar-refractivity contribution in [1.29, 1.82) is 0 Å². The maximum Gasteiger partial charge on any atom is 0.492 e. The van der Waals surface area contributed by atoms with E-state index in [1.807, 2.05) is 0 Å². The number of nitrogens with zero attached hydrogens (tertiary/aromatic N) is 5. The molecule has 2 aromatic heterocycles. The Hall–Kier alpha value is -1.55. The van der Waals surface area contributed by atoms with Gasteiger partial charge < -0.3 is 15.4 Å². The van der Waals surface area contributed by atoms with Gasteiger partial charge in [0.05, 0.1) is 6.54 Å². The Kier molecular flexibility index (Phi) is 4.43. The predicted octanol–water partition coefficient (Wildman–Crippen LogP) is 2.28. The highest BCUT2D eigenvalue weighted by Gasteiger charge is 2.20. The molecule has 0 amide bonds. The van der Waals surface area contributed by atoms with Gasteiger partial charge in [0.1, 0.15) is 0 Å². The van der Waals surface area contributed by atoms with Crippen LogP contribution >= 0.6 is 27.3 Å². The molecule has 2 aromatic rings. The molecule has 1 N–H and O–H groups in total. The van der Waals surface area contributed by atoms with Gasteiger partial charge in [0.15, 0.2) is 5.13 Å². The first kappa shape index (κ1) is 13.9. The number of halogens is 1. The van der Waals surface area contributed by atoms with Crippen LogP contribution in [0.25, 0.3) is 0 Å². The molecule has 0 aliphatic rings. The molecule has 2 heterocycles. The highest BCUT2D eigenvalue weighted by atomic mass is 79.9. The van der Waals surface area contributed by atoms with Crippen LogP contribution in [0.3, 0.4) is 0 Å². The van der Waals surface area contributed by atoms with E-state index in [9.17, 15) is 10.1 Å². The highest BCUT2D eigenvalue weighted by Crippen LogP contribution is 2.21.